The van der Waals surface area contributed by atoms with Gasteiger partial charge >= 0.3 is 12.1 Å². The Morgan fingerprint density at radius 3 is 2.09 bits per heavy atom. The van der Waals surface area contributed by atoms with Gasteiger partial charge in [0, 0.05) is 6.42 Å². The number of aliphatic carboxylic acids is 1. The molecule has 4 heteroatoms. The van der Waals surface area contributed by atoms with E-state index in [0.29, 0.717) is 6.42 Å². The molecule has 0 aliphatic heterocycles. The fraction of sp³-hybridized carbons (Fsp3) is 0.714. The summed E-state index contributed by atoms with van der Waals surface area (Å²) >= 11 is 0. The number of rotatable bonds is 4. The van der Waals surface area contributed by atoms with E-state index in [0.717, 1.165) is 19.3 Å². The summed E-state index contributed by atoms with van der Waals surface area (Å²) in [6, 6.07) is 0. The fourth-order valence-corrected chi connectivity index (χ4v) is 0.526. The lowest BCUT2D eigenvalue weighted by atomic mass is 10.2. The van der Waals surface area contributed by atoms with Crippen molar-refractivity contribution in [2.24, 2.45) is 0 Å². The Morgan fingerprint density at radius 2 is 1.82 bits per heavy atom. The first kappa shape index (κ1) is 12.5. The maximum Gasteiger partial charge on any atom is 0.373 e. The normalized spacial score (nSPS) is 7.36. The first-order valence-corrected chi connectivity index (χ1v) is 3.40. The minimum atomic E-state index is -0.682. The van der Waals surface area contributed by atoms with E-state index in [4.69, 9.17) is 14.7 Å². The first-order chi connectivity index (χ1) is 5.18. The van der Waals surface area contributed by atoms with Gasteiger partial charge in [-0.2, -0.15) is 9.59 Å². The highest BCUT2D eigenvalue weighted by molar-refractivity contribution is 5.66. The van der Waals surface area contributed by atoms with E-state index in [1.165, 1.54) is 0 Å². The molecule has 0 bridgehead atoms. The lowest BCUT2D eigenvalue weighted by Crippen LogP contribution is -1.92. The molecule has 0 spiro atoms. The number of unbranched alkanes of at least 4 members (excludes halogenated alkanes) is 2. The molecule has 0 rings (SSSR count). The van der Waals surface area contributed by atoms with E-state index >= 15 is 0 Å². The van der Waals surface area contributed by atoms with Crippen LogP contribution in [0.2, 0.25) is 0 Å². The molecular formula is C7H12O4. The SMILES string of the molecule is CCCCCC(=O)O.O=C=O. The molecule has 0 aliphatic carbocycles. The lowest BCUT2D eigenvalue weighted by molar-refractivity contribution is -0.191. The zero-order chi connectivity index (χ0) is 9.11. The second-order valence-electron chi connectivity index (χ2n) is 1.93. The second kappa shape index (κ2) is 11.6. The summed E-state index contributed by atoms with van der Waals surface area (Å²) in [4.78, 5) is 26.1. The molecule has 0 aromatic carbocycles. The topological polar surface area (TPSA) is 71.4 Å². The molecule has 0 saturated heterocycles. The van der Waals surface area contributed by atoms with Crippen LogP contribution in [0.25, 0.3) is 0 Å². The second-order valence-corrected chi connectivity index (χ2v) is 1.93. The highest BCUT2D eigenvalue weighted by atomic mass is 16.4. The van der Waals surface area contributed by atoms with E-state index < -0.39 is 5.97 Å². The predicted molar refractivity (Wildman–Crippen MR) is 36.8 cm³/mol. The summed E-state index contributed by atoms with van der Waals surface area (Å²) in [7, 11) is 0. The van der Waals surface area contributed by atoms with Crippen molar-refractivity contribution in [3.05, 3.63) is 0 Å². The van der Waals surface area contributed by atoms with Crippen molar-refractivity contribution in [2.75, 3.05) is 0 Å². The first-order valence-electron chi connectivity index (χ1n) is 3.40. The maximum absolute atomic E-state index is 9.87. The molecule has 1 N–H and O–H groups in total. The Balaban J connectivity index is 0. The van der Waals surface area contributed by atoms with E-state index in [1.54, 1.807) is 0 Å². The van der Waals surface area contributed by atoms with Gasteiger partial charge in [0.25, 0.3) is 0 Å². The number of carbonyl (C=O) groups is 1. The summed E-state index contributed by atoms with van der Waals surface area (Å²) in [5.41, 5.74) is 0. The summed E-state index contributed by atoms with van der Waals surface area (Å²) in [6.07, 6.45) is 3.53. The van der Waals surface area contributed by atoms with Crippen molar-refractivity contribution in [3.63, 3.8) is 0 Å². The third-order valence-electron chi connectivity index (χ3n) is 0.994. The third-order valence-corrected chi connectivity index (χ3v) is 0.994. The van der Waals surface area contributed by atoms with Gasteiger partial charge in [0.2, 0.25) is 0 Å². The Morgan fingerprint density at radius 1 is 1.36 bits per heavy atom. The van der Waals surface area contributed by atoms with Crippen LogP contribution < -0.4 is 0 Å². The monoisotopic (exact) mass is 160 g/mol. The molecule has 4 nitrogen and oxygen atoms in total. The number of carbonyl (C=O) groups excluding carboxylic acids is 2. The molecule has 64 valence electrons. The average Bonchev–Trinajstić information content (AvgIpc) is 1.89. The van der Waals surface area contributed by atoms with Crippen LogP contribution in [0.1, 0.15) is 32.6 Å². The molecule has 0 aromatic heterocycles. The smallest absolute Gasteiger partial charge is 0.373 e. The van der Waals surface area contributed by atoms with Crippen molar-refractivity contribution in [1.29, 1.82) is 0 Å². The molecule has 0 aromatic rings. The summed E-state index contributed by atoms with van der Waals surface area (Å²) in [5, 5.41) is 8.14. The molecule has 0 amide bonds. The van der Waals surface area contributed by atoms with Crippen molar-refractivity contribution in [1.82, 2.24) is 0 Å². The van der Waals surface area contributed by atoms with Crippen molar-refractivity contribution < 1.29 is 19.5 Å². The number of carboxylic acid groups (broad SMARTS) is 1. The maximum atomic E-state index is 9.87. The van der Waals surface area contributed by atoms with Gasteiger partial charge in [-0.1, -0.05) is 19.8 Å². The van der Waals surface area contributed by atoms with Gasteiger partial charge in [-0.15, -0.1) is 0 Å². The molecular weight excluding hydrogens is 148 g/mol. The Kier molecular flexibility index (Phi) is 13.2. The highest BCUT2D eigenvalue weighted by Crippen LogP contribution is 1.97. The summed E-state index contributed by atoms with van der Waals surface area (Å²) in [5.74, 6) is -0.682. The molecule has 0 saturated carbocycles. The summed E-state index contributed by atoms with van der Waals surface area (Å²) in [6.45, 7) is 2.06. The average molecular weight is 160 g/mol. The van der Waals surface area contributed by atoms with Crippen LogP contribution >= 0.6 is 0 Å². The number of carboxylic acids is 1. The predicted octanol–water partition coefficient (Wildman–Crippen LogP) is 1.07. The van der Waals surface area contributed by atoms with E-state index in [1.807, 2.05) is 0 Å². The van der Waals surface area contributed by atoms with Gasteiger partial charge in [-0.25, -0.2) is 0 Å². The van der Waals surface area contributed by atoms with E-state index in [-0.39, 0.29) is 6.15 Å². The van der Waals surface area contributed by atoms with Crippen molar-refractivity contribution in [3.8, 4) is 0 Å². The third kappa shape index (κ3) is 28.0. The quantitative estimate of drug-likeness (QED) is 0.624. The Hall–Kier alpha value is -1.15. The number of hydrogen-bond donors (Lipinski definition) is 1. The van der Waals surface area contributed by atoms with Crippen LogP contribution in [0.5, 0.6) is 0 Å². The zero-order valence-corrected chi connectivity index (χ0v) is 6.50. The van der Waals surface area contributed by atoms with Crippen LogP contribution in [-0.4, -0.2) is 17.2 Å². The van der Waals surface area contributed by atoms with Crippen LogP contribution in [0.4, 0.5) is 0 Å². The van der Waals surface area contributed by atoms with Crippen LogP contribution in [0, 0.1) is 0 Å². The van der Waals surface area contributed by atoms with Gasteiger partial charge in [0.1, 0.15) is 0 Å². The largest absolute Gasteiger partial charge is 0.481 e. The standard InChI is InChI=1S/C6H12O2.CO2/c1-2-3-4-5-6(7)8;2-1-3/h2-5H2,1H3,(H,7,8);. The molecule has 0 atom stereocenters. The fourth-order valence-electron chi connectivity index (χ4n) is 0.526. The van der Waals surface area contributed by atoms with Crippen LogP contribution in [-0.2, 0) is 14.4 Å². The van der Waals surface area contributed by atoms with Crippen molar-refractivity contribution in [2.45, 2.75) is 32.6 Å². The van der Waals surface area contributed by atoms with Gasteiger partial charge in [0.15, 0.2) is 0 Å². The Labute approximate surface area is 65.2 Å². The molecule has 0 radical (unpaired) electrons. The van der Waals surface area contributed by atoms with Gasteiger partial charge in [-0.05, 0) is 6.42 Å². The van der Waals surface area contributed by atoms with Gasteiger partial charge in [0.05, 0.1) is 0 Å². The molecule has 0 fully saturated rings. The Bertz CT molecular complexity index is 124. The minimum absolute atomic E-state index is 0.250. The van der Waals surface area contributed by atoms with E-state index in [9.17, 15) is 4.79 Å². The van der Waals surface area contributed by atoms with Crippen molar-refractivity contribution >= 4 is 12.1 Å². The van der Waals surface area contributed by atoms with Crippen LogP contribution in [0.3, 0.4) is 0 Å². The molecule has 11 heavy (non-hydrogen) atoms. The number of hydrogen-bond acceptors (Lipinski definition) is 3. The molecule has 0 unspecified atom stereocenters. The lowest BCUT2D eigenvalue weighted by Gasteiger charge is -1.89. The minimum Gasteiger partial charge on any atom is -0.481 e. The highest BCUT2D eigenvalue weighted by Gasteiger charge is 1.92. The van der Waals surface area contributed by atoms with E-state index in [2.05, 4.69) is 6.92 Å². The molecule has 0 aliphatic rings. The zero-order valence-electron chi connectivity index (χ0n) is 6.50. The van der Waals surface area contributed by atoms with Gasteiger partial charge < -0.3 is 5.11 Å². The van der Waals surface area contributed by atoms with Crippen LogP contribution in [0.15, 0.2) is 0 Å². The van der Waals surface area contributed by atoms with Gasteiger partial charge in [-0.3, -0.25) is 4.79 Å². The molecule has 0 heterocycles. The summed E-state index contributed by atoms with van der Waals surface area (Å²) < 4.78 is 0.